The topological polar surface area (TPSA) is 65.1 Å². The number of ether oxygens (including phenoxy) is 1. The lowest BCUT2D eigenvalue weighted by atomic mass is 10.0. The number of nitrogens with zero attached hydrogens (tertiary/aromatic N) is 3. The van der Waals surface area contributed by atoms with Gasteiger partial charge >= 0.3 is 0 Å². The van der Waals surface area contributed by atoms with Crippen molar-refractivity contribution in [1.29, 1.82) is 0 Å². The van der Waals surface area contributed by atoms with Crippen LogP contribution in [0.4, 0.5) is 15.8 Å². The molecule has 7 nitrogen and oxygen atoms in total. The first-order chi connectivity index (χ1) is 15.9. The Morgan fingerprint density at radius 2 is 1.88 bits per heavy atom. The summed E-state index contributed by atoms with van der Waals surface area (Å²) in [6.07, 6.45) is -0.665. The zero-order chi connectivity index (χ0) is 23.5. The number of amides is 2. The molecule has 176 valence electrons. The third-order valence-corrected chi connectivity index (χ3v) is 6.37. The highest BCUT2D eigenvalue weighted by molar-refractivity contribution is 6.03. The van der Waals surface area contributed by atoms with Crippen LogP contribution in [0.5, 0.6) is 5.75 Å². The van der Waals surface area contributed by atoms with E-state index in [2.05, 4.69) is 22.0 Å². The number of fused-ring (bicyclic) bond motifs is 1. The number of likely N-dealkylation sites (N-methyl/N-ethyl adjacent to an activating group) is 1. The first kappa shape index (κ1) is 23.0. The molecule has 2 aromatic rings. The van der Waals surface area contributed by atoms with Crippen LogP contribution in [0.15, 0.2) is 42.5 Å². The molecule has 2 aromatic carbocycles. The average Bonchev–Trinajstić information content (AvgIpc) is 2.82. The van der Waals surface area contributed by atoms with Gasteiger partial charge in [-0.1, -0.05) is 19.1 Å². The smallest absolute Gasteiger partial charge is 0.268 e. The van der Waals surface area contributed by atoms with Crippen molar-refractivity contribution in [1.82, 2.24) is 10.2 Å². The molecule has 0 bridgehead atoms. The lowest BCUT2D eigenvalue weighted by Gasteiger charge is -2.37. The van der Waals surface area contributed by atoms with Crippen molar-refractivity contribution in [3.05, 3.63) is 53.8 Å². The summed E-state index contributed by atoms with van der Waals surface area (Å²) in [5.74, 6) is -0.347. The van der Waals surface area contributed by atoms with Crippen molar-refractivity contribution in [3.8, 4) is 5.75 Å². The van der Waals surface area contributed by atoms with Crippen molar-refractivity contribution in [3.63, 3.8) is 0 Å². The van der Waals surface area contributed by atoms with Gasteiger partial charge < -0.3 is 19.9 Å². The van der Waals surface area contributed by atoms with Gasteiger partial charge in [0.2, 0.25) is 5.91 Å². The van der Waals surface area contributed by atoms with Crippen LogP contribution in [0.3, 0.4) is 0 Å². The van der Waals surface area contributed by atoms with Crippen molar-refractivity contribution >= 4 is 23.2 Å². The SMILES string of the molecule is CCN1CCN(c2ccc(F)cc2C(C)NC(=O)CN2C(=O)C(C)Oc3ccccc32)CC1. The lowest BCUT2D eigenvalue weighted by molar-refractivity contribution is -0.128. The highest BCUT2D eigenvalue weighted by atomic mass is 19.1. The first-order valence-electron chi connectivity index (χ1n) is 11.5. The number of nitrogens with one attached hydrogen (secondary N) is 1. The molecule has 33 heavy (non-hydrogen) atoms. The number of rotatable bonds is 6. The van der Waals surface area contributed by atoms with Gasteiger partial charge in [-0.25, -0.2) is 4.39 Å². The van der Waals surface area contributed by atoms with E-state index < -0.39 is 12.1 Å². The molecule has 2 atom stereocenters. The molecule has 1 fully saturated rings. The van der Waals surface area contributed by atoms with Crippen LogP contribution in [0.25, 0.3) is 0 Å². The summed E-state index contributed by atoms with van der Waals surface area (Å²) >= 11 is 0. The molecule has 2 unspecified atom stereocenters. The van der Waals surface area contributed by atoms with E-state index in [0.29, 0.717) is 11.4 Å². The van der Waals surface area contributed by atoms with E-state index in [0.717, 1.165) is 44.0 Å². The number of hydrogen-bond donors (Lipinski definition) is 1. The maximum Gasteiger partial charge on any atom is 0.268 e. The molecule has 0 aromatic heterocycles. The summed E-state index contributed by atoms with van der Waals surface area (Å²) in [5, 5.41) is 2.96. The zero-order valence-electron chi connectivity index (χ0n) is 19.4. The molecule has 0 radical (unpaired) electrons. The van der Waals surface area contributed by atoms with Gasteiger partial charge in [0.1, 0.15) is 18.1 Å². The summed E-state index contributed by atoms with van der Waals surface area (Å²) in [7, 11) is 0. The second-order valence-corrected chi connectivity index (χ2v) is 8.57. The fourth-order valence-electron chi connectivity index (χ4n) is 4.50. The summed E-state index contributed by atoms with van der Waals surface area (Å²) in [6, 6.07) is 11.5. The van der Waals surface area contributed by atoms with Gasteiger partial charge in [-0.3, -0.25) is 14.5 Å². The van der Waals surface area contributed by atoms with E-state index in [9.17, 15) is 14.0 Å². The highest BCUT2D eigenvalue weighted by Gasteiger charge is 2.33. The Morgan fingerprint density at radius 1 is 1.15 bits per heavy atom. The van der Waals surface area contributed by atoms with E-state index in [4.69, 9.17) is 4.74 Å². The zero-order valence-corrected chi connectivity index (χ0v) is 19.4. The van der Waals surface area contributed by atoms with Gasteiger partial charge in [0, 0.05) is 37.4 Å². The minimum Gasteiger partial charge on any atom is -0.479 e. The Kier molecular flexibility index (Phi) is 6.83. The number of halogens is 1. The third-order valence-electron chi connectivity index (χ3n) is 6.37. The maximum atomic E-state index is 14.2. The Balaban J connectivity index is 1.49. The average molecular weight is 455 g/mol. The van der Waals surface area contributed by atoms with Gasteiger partial charge in [-0.05, 0) is 50.7 Å². The Labute approximate surface area is 194 Å². The monoisotopic (exact) mass is 454 g/mol. The fourth-order valence-corrected chi connectivity index (χ4v) is 4.50. The lowest BCUT2D eigenvalue weighted by Crippen LogP contribution is -2.49. The minimum absolute atomic E-state index is 0.131. The van der Waals surface area contributed by atoms with Crippen LogP contribution in [0.1, 0.15) is 32.4 Å². The summed E-state index contributed by atoms with van der Waals surface area (Å²) in [6.45, 7) is 10.1. The highest BCUT2D eigenvalue weighted by Crippen LogP contribution is 2.33. The number of anilines is 2. The summed E-state index contributed by atoms with van der Waals surface area (Å²) in [4.78, 5) is 31.7. The van der Waals surface area contributed by atoms with E-state index in [-0.39, 0.29) is 24.2 Å². The molecule has 0 spiro atoms. The molecule has 2 aliphatic heterocycles. The van der Waals surface area contributed by atoms with Gasteiger partial charge in [-0.2, -0.15) is 0 Å². The molecule has 2 heterocycles. The van der Waals surface area contributed by atoms with Crippen molar-refractivity contribution in [2.24, 2.45) is 0 Å². The number of carbonyl (C=O) groups excluding carboxylic acids is 2. The van der Waals surface area contributed by atoms with Gasteiger partial charge in [0.25, 0.3) is 5.91 Å². The maximum absolute atomic E-state index is 14.2. The Hall–Kier alpha value is -3.13. The van der Waals surface area contributed by atoms with Crippen LogP contribution in [0.2, 0.25) is 0 Å². The number of benzene rings is 2. The van der Waals surface area contributed by atoms with Crippen LogP contribution >= 0.6 is 0 Å². The molecule has 1 N–H and O–H groups in total. The Bertz CT molecular complexity index is 1020. The van der Waals surface area contributed by atoms with Gasteiger partial charge in [-0.15, -0.1) is 0 Å². The van der Waals surface area contributed by atoms with E-state index in [1.54, 1.807) is 31.2 Å². The predicted octanol–water partition coefficient (Wildman–Crippen LogP) is 2.96. The van der Waals surface area contributed by atoms with Crippen LogP contribution < -0.4 is 19.9 Å². The molecule has 1 saturated heterocycles. The number of para-hydroxylation sites is 2. The molecule has 0 aliphatic carbocycles. The molecule has 0 saturated carbocycles. The second-order valence-electron chi connectivity index (χ2n) is 8.57. The van der Waals surface area contributed by atoms with E-state index in [1.165, 1.54) is 17.0 Å². The van der Waals surface area contributed by atoms with Crippen LogP contribution in [0, 0.1) is 5.82 Å². The minimum atomic E-state index is -0.665. The van der Waals surface area contributed by atoms with Gasteiger partial charge in [0.15, 0.2) is 6.10 Å². The summed E-state index contributed by atoms with van der Waals surface area (Å²) < 4.78 is 19.8. The Morgan fingerprint density at radius 3 is 2.61 bits per heavy atom. The first-order valence-corrected chi connectivity index (χ1v) is 11.5. The van der Waals surface area contributed by atoms with Crippen molar-refractivity contribution in [2.45, 2.75) is 32.9 Å². The molecular formula is C25H31FN4O3. The van der Waals surface area contributed by atoms with E-state index >= 15 is 0 Å². The van der Waals surface area contributed by atoms with E-state index in [1.807, 2.05) is 13.0 Å². The quantitative estimate of drug-likeness (QED) is 0.727. The van der Waals surface area contributed by atoms with Crippen molar-refractivity contribution in [2.75, 3.05) is 49.1 Å². The third kappa shape index (κ3) is 4.95. The number of hydrogen-bond acceptors (Lipinski definition) is 5. The van der Waals surface area contributed by atoms with Crippen LogP contribution in [-0.4, -0.2) is 62.1 Å². The largest absolute Gasteiger partial charge is 0.479 e. The molecule has 2 aliphatic rings. The summed E-state index contributed by atoms with van der Waals surface area (Å²) in [5.41, 5.74) is 2.24. The van der Waals surface area contributed by atoms with Crippen LogP contribution in [-0.2, 0) is 9.59 Å². The normalized spacial score (nSPS) is 19.6. The van der Waals surface area contributed by atoms with Crippen molar-refractivity contribution < 1.29 is 18.7 Å². The fraction of sp³-hybridized carbons (Fsp3) is 0.440. The molecule has 2 amide bonds. The number of carbonyl (C=O) groups is 2. The second kappa shape index (κ2) is 9.79. The molecular weight excluding hydrogens is 423 g/mol. The number of piperazine rings is 1. The molecule has 8 heteroatoms. The molecule has 4 rings (SSSR count). The standard InChI is InChI=1S/C25H31FN4O3/c1-4-28-11-13-29(14-12-28)21-10-9-19(26)15-20(21)17(2)27-24(31)16-30-22-7-5-6-8-23(22)33-18(3)25(30)32/h5-10,15,17-18H,4,11-14,16H2,1-3H3,(H,27,31). The predicted molar refractivity (Wildman–Crippen MR) is 126 cm³/mol. The van der Waals surface area contributed by atoms with Gasteiger partial charge in [0.05, 0.1) is 11.7 Å².